The average Bonchev–Trinajstić information content (AvgIpc) is 3.36. The summed E-state index contributed by atoms with van der Waals surface area (Å²) in [5.41, 5.74) is 1.61. The normalized spacial score (nSPS) is 17.8. The standard InChI is InChI=1S/C28H33ClN4O4/c1-17(2)33-15-20-13-18(5-9-23(20)31-33)27(35)28(36)30-24(16-32-11-3-4-12-32)26(34)19-6-10-25(22(29)14-19)37-21-7-8-21/h5-6,9-10,13-15,17,21,24,26,34H,3-4,7-8,11-12,16H2,1-2H3,(H,30,36). The Kier molecular flexibility index (Phi) is 7.51. The molecule has 196 valence electrons. The minimum absolute atomic E-state index is 0.186. The third kappa shape index (κ3) is 5.98. The van der Waals surface area contributed by atoms with E-state index in [0.29, 0.717) is 22.9 Å². The molecule has 5 rings (SSSR count). The molecule has 1 aromatic heterocycles. The summed E-state index contributed by atoms with van der Waals surface area (Å²) in [5, 5.41) is 19.8. The molecule has 1 saturated carbocycles. The predicted octanol–water partition coefficient (Wildman–Crippen LogP) is 4.31. The van der Waals surface area contributed by atoms with Crippen molar-refractivity contribution in [3.63, 3.8) is 0 Å². The zero-order valence-corrected chi connectivity index (χ0v) is 21.9. The molecule has 1 amide bonds. The van der Waals surface area contributed by atoms with Gasteiger partial charge in [-0.1, -0.05) is 17.7 Å². The molecule has 1 aliphatic carbocycles. The minimum atomic E-state index is -1.04. The summed E-state index contributed by atoms with van der Waals surface area (Å²) in [6.07, 6.45) is 5.21. The van der Waals surface area contributed by atoms with Crippen LogP contribution in [0, 0.1) is 0 Å². The van der Waals surface area contributed by atoms with E-state index in [2.05, 4.69) is 15.3 Å². The highest BCUT2D eigenvalue weighted by Gasteiger charge is 2.30. The Hall–Kier alpha value is -2.94. The van der Waals surface area contributed by atoms with Gasteiger partial charge in [-0.15, -0.1) is 0 Å². The Morgan fingerprint density at radius 3 is 2.59 bits per heavy atom. The molecule has 3 aromatic rings. The molecular weight excluding hydrogens is 492 g/mol. The van der Waals surface area contributed by atoms with Crippen molar-refractivity contribution in [1.82, 2.24) is 20.0 Å². The topological polar surface area (TPSA) is 96.7 Å². The lowest BCUT2D eigenvalue weighted by Gasteiger charge is -2.28. The van der Waals surface area contributed by atoms with Crippen LogP contribution < -0.4 is 10.1 Å². The van der Waals surface area contributed by atoms with Gasteiger partial charge in [0.15, 0.2) is 0 Å². The third-order valence-corrected chi connectivity index (χ3v) is 7.28. The molecule has 2 heterocycles. The summed E-state index contributed by atoms with van der Waals surface area (Å²) < 4.78 is 7.63. The fourth-order valence-corrected chi connectivity index (χ4v) is 4.91. The largest absolute Gasteiger partial charge is 0.489 e. The van der Waals surface area contributed by atoms with Gasteiger partial charge >= 0.3 is 0 Å². The van der Waals surface area contributed by atoms with Crippen LogP contribution in [0.4, 0.5) is 0 Å². The summed E-state index contributed by atoms with van der Waals surface area (Å²) in [4.78, 5) is 28.4. The second kappa shape index (κ2) is 10.8. The number of Topliss-reactive ketones (excluding diaryl/α,β-unsaturated/α-hetero) is 1. The highest BCUT2D eigenvalue weighted by Crippen LogP contribution is 2.34. The molecule has 2 unspecified atom stereocenters. The van der Waals surface area contributed by atoms with E-state index in [1.807, 2.05) is 24.7 Å². The van der Waals surface area contributed by atoms with Gasteiger partial charge in [0.05, 0.1) is 22.7 Å². The van der Waals surface area contributed by atoms with Crippen LogP contribution in [-0.4, -0.2) is 63.3 Å². The highest BCUT2D eigenvalue weighted by molar-refractivity contribution is 6.43. The SMILES string of the molecule is CC(C)n1cc2cc(C(=O)C(=O)NC(CN3CCCC3)C(O)c3ccc(OC4CC4)c(Cl)c3)ccc2n1. The lowest BCUT2D eigenvalue weighted by atomic mass is 10.0. The Balaban J connectivity index is 1.33. The van der Waals surface area contributed by atoms with E-state index in [9.17, 15) is 14.7 Å². The van der Waals surface area contributed by atoms with Crippen LogP contribution in [0.15, 0.2) is 42.6 Å². The van der Waals surface area contributed by atoms with Crippen LogP contribution in [-0.2, 0) is 4.79 Å². The number of amides is 1. The Morgan fingerprint density at radius 2 is 1.92 bits per heavy atom. The monoisotopic (exact) mass is 524 g/mol. The molecule has 1 saturated heterocycles. The molecule has 1 aliphatic heterocycles. The molecular formula is C28H33ClN4O4. The van der Waals surface area contributed by atoms with Crippen LogP contribution in [0.3, 0.4) is 0 Å². The van der Waals surface area contributed by atoms with Crippen molar-refractivity contribution in [2.45, 2.75) is 63.8 Å². The fourth-order valence-electron chi connectivity index (χ4n) is 4.68. The van der Waals surface area contributed by atoms with Crippen molar-refractivity contribution in [3.05, 3.63) is 58.7 Å². The number of halogens is 1. The predicted molar refractivity (Wildman–Crippen MR) is 142 cm³/mol. The lowest BCUT2D eigenvalue weighted by molar-refractivity contribution is -0.118. The summed E-state index contributed by atoms with van der Waals surface area (Å²) in [6, 6.07) is 9.75. The molecule has 2 atom stereocenters. The number of carbonyl (C=O) groups is 2. The number of aliphatic hydroxyl groups is 1. The number of ether oxygens (including phenoxy) is 1. The van der Waals surface area contributed by atoms with Crippen molar-refractivity contribution >= 4 is 34.2 Å². The van der Waals surface area contributed by atoms with E-state index in [4.69, 9.17) is 16.3 Å². The number of hydrogen-bond acceptors (Lipinski definition) is 6. The first kappa shape index (κ1) is 25.7. The first-order valence-corrected chi connectivity index (χ1v) is 13.4. The van der Waals surface area contributed by atoms with Crippen LogP contribution in [0.5, 0.6) is 5.75 Å². The maximum Gasteiger partial charge on any atom is 0.292 e. The minimum Gasteiger partial charge on any atom is -0.489 e. The zero-order chi connectivity index (χ0) is 26.1. The summed E-state index contributed by atoms with van der Waals surface area (Å²) >= 11 is 6.43. The maximum atomic E-state index is 13.1. The summed E-state index contributed by atoms with van der Waals surface area (Å²) in [7, 11) is 0. The third-order valence-electron chi connectivity index (χ3n) is 6.99. The molecule has 9 heteroatoms. The van der Waals surface area contributed by atoms with Gasteiger partial charge in [0, 0.05) is 29.7 Å². The molecule has 2 N–H and O–H groups in total. The van der Waals surface area contributed by atoms with Crippen LogP contribution in [0.1, 0.15) is 67.6 Å². The first-order valence-electron chi connectivity index (χ1n) is 13.0. The van der Waals surface area contributed by atoms with Crippen molar-refractivity contribution < 1.29 is 19.4 Å². The number of fused-ring (bicyclic) bond motifs is 1. The van der Waals surface area contributed by atoms with E-state index >= 15 is 0 Å². The van der Waals surface area contributed by atoms with Gasteiger partial charge in [-0.25, -0.2) is 0 Å². The van der Waals surface area contributed by atoms with Crippen LogP contribution in [0.25, 0.3) is 10.9 Å². The van der Waals surface area contributed by atoms with Gasteiger partial charge in [0.25, 0.3) is 5.91 Å². The van der Waals surface area contributed by atoms with E-state index in [0.717, 1.165) is 49.7 Å². The molecule has 2 fully saturated rings. The molecule has 0 bridgehead atoms. The van der Waals surface area contributed by atoms with E-state index < -0.39 is 23.8 Å². The van der Waals surface area contributed by atoms with E-state index in [1.54, 1.807) is 36.4 Å². The quantitative estimate of drug-likeness (QED) is 0.303. The smallest absolute Gasteiger partial charge is 0.292 e. The van der Waals surface area contributed by atoms with Gasteiger partial charge in [-0.3, -0.25) is 14.3 Å². The second-order valence-electron chi connectivity index (χ2n) is 10.3. The van der Waals surface area contributed by atoms with Gasteiger partial charge in [-0.2, -0.15) is 5.10 Å². The second-order valence-corrected chi connectivity index (χ2v) is 10.8. The highest BCUT2D eigenvalue weighted by atomic mass is 35.5. The Bertz CT molecular complexity index is 1300. The summed E-state index contributed by atoms with van der Waals surface area (Å²) in [6.45, 7) is 6.26. The molecule has 0 spiro atoms. The summed E-state index contributed by atoms with van der Waals surface area (Å²) in [5.74, 6) is -0.811. The van der Waals surface area contributed by atoms with E-state index in [1.165, 1.54) is 0 Å². The number of likely N-dealkylation sites (tertiary alicyclic amines) is 1. The number of benzene rings is 2. The molecule has 2 aromatic carbocycles. The molecule has 37 heavy (non-hydrogen) atoms. The van der Waals surface area contributed by atoms with E-state index in [-0.39, 0.29) is 17.7 Å². The van der Waals surface area contributed by atoms with Gasteiger partial charge in [0.1, 0.15) is 11.9 Å². The van der Waals surface area contributed by atoms with Crippen molar-refractivity contribution in [2.24, 2.45) is 0 Å². The number of aliphatic hydroxyl groups excluding tert-OH is 1. The first-order chi connectivity index (χ1) is 17.8. The number of hydrogen-bond donors (Lipinski definition) is 2. The van der Waals surface area contributed by atoms with Crippen molar-refractivity contribution in [2.75, 3.05) is 19.6 Å². The Labute approximate surface area is 221 Å². The number of rotatable bonds is 10. The van der Waals surface area contributed by atoms with Gasteiger partial charge < -0.3 is 20.1 Å². The number of carbonyl (C=O) groups excluding carboxylic acids is 2. The van der Waals surface area contributed by atoms with Gasteiger partial charge in [0.2, 0.25) is 5.78 Å². The number of ketones is 1. The fraction of sp³-hybridized carbons (Fsp3) is 0.464. The number of nitrogens with one attached hydrogen (secondary N) is 1. The number of aromatic nitrogens is 2. The van der Waals surface area contributed by atoms with Crippen LogP contribution in [0.2, 0.25) is 5.02 Å². The maximum absolute atomic E-state index is 13.1. The Morgan fingerprint density at radius 1 is 1.16 bits per heavy atom. The van der Waals surface area contributed by atoms with Crippen LogP contribution >= 0.6 is 11.6 Å². The molecule has 8 nitrogen and oxygen atoms in total. The van der Waals surface area contributed by atoms with Crippen molar-refractivity contribution in [1.29, 1.82) is 0 Å². The van der Waals surface area contributed by atoms with Gasteiger partial charge in [-0.05, 0) is 88.5 Å². The number of nitrogens with zero attached hydrogens (tertiary/aromatic N) is 3. The molecule has 2 aliphatic rings. The lowest BCUT2D eigenvalue weighted by Crippen LogP contribution is -2.48. The average molecular weight is 525 g/mol. The van der Waals surface area contributed by atoms with Crippen molar-refractivity contribution in [3.8, 4) is 5.75 Å². The molecule has 0 radical (unpaired) electrons. The zero-order valence-electron chi connectivity index (χ0n) is 21.2.